The fraction of sp³-hybridized carbons (Fsp3) is 0.600. The van der Waals surface area contributed by atoms with Gasteiger partial charge in [0.2, 0.25) is 0 Å². The van der Waals surface area contributed by atoms with Gasteiger partial charge in [0.1, 0.15) is 5.82 Å². The first kappa shape index (κ1) is 14.3. The van der Waals surface area contributed by atoms with Gasteiger partial charge in [0.25, 0.3) is 0 Å². The highest BCUT2D eigenvalue weighted by Crippen LogP contribution is 2.35. The summed E-state index contributed by atoms with van der Waals surface area (Å²) in [5, 5.41) is 3.49. The van der Waals surface area contributed by atoms with Crippen molar-refractivity contribution in [2.45, 2.75) is 37.6 Å². The molecule has 0 amide bonds. The summed E-state index contributed by atoms with van der Waals surface area (Å²) in [6.45, 7) is 3.12. The molecule has 1 aromatic rings. The molecule has 2 heterocycles. The number of hydrogen-bond donors (Lipinski definition) is 1. The third kappa shape index (κ3) is 3.14. The van der Waals surface area contributed by atoms with Crippen LogP contribution in [-0.4, -0.2) is 31.4 Å². The number of ether oxygens (including phenoxy) is 2. The maximum absolute atomic E-state index is 13.1. The van der Waals surface area contributed by atoms with E-state index in [-0.39, 0.29) is 16.7 Å². The molecule has 0 radical (unpaired) electrons. The van der Waals surface area contributed by atoms with Gasteiger partial charge in [0.15, 0.2) is 0 Å². The summed E-state index contributed by atoms with van der Waals surface area (Å²) in [5.74, 6) is -0.395. The van der Waals surface area contributed by atoms with Crippen molar-refractivity contribution >= 4 is 11.6 Å². The molecule has 0 bridgehead atoms. The molecule has 5 heteroatoms. The van der Waals surface area contributed by atoms with Crippen LogP contribution in [-0.2, 0) is 16.1 Å². The Morgan fingerprint density at radius 2 is 2.20 bits per heavy atom. The molecule has 2 fully saturated rings. The molecule has 0 aliphatic carbocycles. The average Bonchev–Trinajstić information content (AvgIpc) is 2.84. The molecule has 0 saturated carbocycles. The molecule has 1 spiro atoms. The Labute approximate surface area is 123 Å². The Kier molecular flexibility index (Phi) is 4.26. The van der Waals surface area contributed by atoms with E-state index in [0.29, 0.717) is 13.2 Å². The van der Waals surface area contributed by atoms with Crippen LogP contribution in [0.2, 0.25) is 5.02 Å². The van der Waals surface area contributed by atoms with Gasteiger partial charge in [-0.2, -0.15) is 0 Å². The van der Waals surface area contributed by atoms with Crippen LogP contribution in [0.15, 0.2) is 18.2 Å². The number of piperidine rings is 1. The molecule has 1 N–H and O–H groups in total. The summed E-state index contributed by atoms with van der Waals surface area (Å²) in [6, 6.07) is 4.70. The Balaban J connectivity index is 1.53. The van der Waals surface area contributed by atoms with Gasteiger partial charge in [0, 0.05) is 6.42 Å². The van der Waals surface area contributed by atoms with Crippen molar-refractivity contribution < 1.29 is 13.9 Å². The molecule has 20 heavy (non-hydrogen) atoms. The van der Waals surface area contributed by atoms with E-state index in [1.807, 2.05) is 0 Å². The molecule has 1 unspecified atom stereocenters. The van der Waals surface area contributed by atoms with Crippen molar-refractivity contribution in [3.63, 3.8) is 0 Å². The zero-order valence-corrected chi connectivity index (χ0v) is 12.1. The minimum absolute atomic E-state index is 0.0103. The van der Waals surface area contributed by atoms with Crippen LogP contribution in [0, 0.1) is 5.82 Å². The van der Waals surface area contributed by atoms with Gasteiger partial charge in [-0.1, -0.05) is 17.7 Å². The lowest BCUT2D eigenvalue weighted by atomic mass is 9.89. The first-order valence-electron chi connectivity index (χ1n) is 7.07. The second kappa shape index (κ2) is 5.98. The normalized spacial score (nSPS) is 25.2. The predicted octanol–water partition coefficient (Wildman–Crippen LogP) is 2.91. The van der Waals surface area contributed by atoms with E-state index in [0.717, 1.165) is 37.9 Å². The van der Waals surface area contributed by atoms with Crippen LogP contribution >= 0.6 is 11.6 Å². The first-order valence-corrected chi connectivity index (χ1v) is 7.45. The minimum atomic E-state index is -0.395. The Bertz CT molecular complexity index is 477. The van der Waals surface area contributed by atoms with E-state index in [9.17, 15) is 4.39 Å². The van der Waals surface area contributed by atoms with Crippen LogP contribution in [0.4, 0.5) is 4.39 Å². The summed E-state index contributed by atoms with van der Waals surface area (Å²) in [4.78, 5) is 0. The summed E-state index contributed by atoms with van der Waals surface area (Å²) in [5.41, 5.74) is 0.902. The van der Waals surface area contributed by atoms with Gasteiger partial charge in [0.05, 0.1) is 29.9 Å². The molecule has 1 aromatic carbocycles. The number of nitrogens with one attached hydrogen (secondary N) is 1. The summed E-state index contributed by atoms with van der Waals surface area (Å²) >= 11 is 5.76. The number of benzene rings is 1. The molecule has 0 aromatic heterocycles. The smallest absolute Gasteiger partial charge is 0.141 e. The maximum atomic E-state index is 13.1. The Morgan fingerprint density at radius 3 is 2.95 bits per heavy atom. The molecule has 110 valence electrons. The number of hydrogen-bond acceptors (Lipinski definition) is 3. The molecule has 3 rings (SSSR count). The second-order valence-corrected chi connectivity index (χ2v) is 6.04. The number of halogens is 2. The highest BCUT2D eigenvalue weighted by molar-refractivity contribution is 6.30. The van der Waals surface area contributed by atoms with E-state index in [4.69, 9.17) is 21.1 Å². The second-order valence-electron chi connectivity index (χ2n) is 5.63. The highest BCUT2D eigenvalue weighted by Gasteiger charge is 2.41. The first-order chi connectivity index (χ1) is 9.67. The third-order valence-corrected chi connectivity index (χ3v) is 4.45. The van der Waals surface area contributed by atoms with Crippen LogP contribution in [0.25, 0.3) is 0 Å². The molecule has 1 atom stereocenters. The molecule has 2 aliphatic heterocycles. The van der Waals surface area contributed by atoms with Gasteiger partial charge < -0.3 is 14.8 Å². The van der Waals surface area contributed by atoms with Gasteiger partial charge in [-0.3, -0.25) is 0 Å². The van der Waals surface area contributed by atoms with Gasteiger partial charge in [-0.05, 0) is 43.6 Å². The monoisotopic (exact) mass is 299 g/mol. The van der Waals surface area contributed by atoms with E-state index in [2.05, 4.69) is 5.32 Å². The van der Waals surface area contributed by atoms with Crippen molar-refractivity contribution in [3.8, 4) is 0 Å². The van der Waals surface area contributed by atoms with Crippen molar-refractivity contribution in [2.75, 3.05) is 19.7 Å². The van der Waals surface area contributed by atoms with E-state index in [1.54, 1.807) is 12.1 Å². The minimum Gasteiger partial charge on any atom is -0.372 e. The fourth-order valence-electron chi connectivity index (χ4n) is 2.98. The summed E-state index contributed by atoms with van der Waals surface area (Å²) in [7, 11) is 0. The van der Waals surface area contributed by atoms with E-state index < -0.39 is 5.82 Å². The topological polar surface area (TPSA) is 30.5 Å². The molecule has 3 nitrogen and oxygen atoms in total. The molecule has 2 aliphatic rings. The lowest BCUT2D eigenvalue weighted by Crippen LogP contribution is -2.41. The highest BCUT2D eigenvalue weighted by atomic mass is 35.5. The molecular weight excluding hydrogens is 281 g/mol. The molecule has 2 saturated heterocycles. The van der Waals surface area contributed by atoms with Gasteiger partial charge in [-0.15, -0.1) is 0 Å². The van der Waals surface area contributed by atoms with Gasteiger partial charge in [-0.25, -0.2) is 4.39 Å². The predicted molar refractivity (Wildman–Crippen MR) is 75.4 cm³/mol. The van der Waals surface area contributed by atoms with Crippen molar-refractivity contribution in [3.05, 3.63) is 34.6 Å². The largest absolute Gasteiger partial charge is 0.372 e. The van der Waals surface area contributed by atoms with Crippen LogP contribution in [0.3, 0.4) is 0 Å². The zero-order valence-electron chi connectivity index (χ0n) is 11.3. The fourth-order valence-corrected chi connectivity index (χ4v) is 3.19. The lowest BCUT2D eigenvalue weighted by Gasteiger charge is -2.32. The Hall–Kier alpha value is -0.680. The van der Waals surface area contributed by atoms with E-state index >= 15 is 0 Å². The van der Waals surface area contributed by atoms with Crippen molar-refractivity contribution in [1.82, 2.24) is 5.32 Å². The SMILES string of the molecule is Fc1ccc(COC2COC3(CCNCC3)C2)cc1Cl. The third-order valence-electron chi connectivity index (χ3n) is 4.16. The van der Waals surface area contributed by atoms with Gasteiger partial charge >= 0.3 is 0 Å². The summed E-state index contributed by atoms with van der Waals surface area (Å²) in [6.07, 6.45) is 3.17. The Morgan fingerprint density at radius 1 is 1.40 bits per heavy atom. The standard InChI is InChI=1S/C15H19ClFNO2/c16-13-7-11(1-2-14(13)17)9-19-12-8-15(20-10-12)3-5-18-6-4-15/h1-2,7,12,18H,3-6,8-10H2. The average molecular weight is 300 g/mol. The van der Waals surface area contributed by atoms with Crippen LogP contribution in [0.5, 0.6) is 0 Å². The van der Waals surface area contributed by atoms with Crippen LogP contribution < -0.4 is 5.32 Å². The van der Waals surface area contributed by atoms with Crippen molar-refractivity contribution in [1.29, 1.82) is 0 Å². The van der Waals surface area contributed by atoms with Crippen molar-refractivity contribution in [2.24, 2.45) is 0 Å². The quantitative estimate of drug-likeness (QED) is 0.931. The van der Waals surface area contributed by atoms with Crippen LogP contribution in [0.1, 0.15) is 24.8 Å². The number of rotatable bonds is 3. The van der Waals surface area contributed by atoms with E-state index in [1.165, 1.54) is 6.07 Å². The maximum Gasteiger partial charge on any atom is 0.141 e. The summed E-state index contributed by atoms with van der Waals surface area (Å²) < 4.78 is 24.9. The lowest BCUT2D eigenvalue weighted by molar-refractivity contribution is -0.0240. The zero-order chi connectivity index (χ0) is 14.0. The molecular formula is C15H19ClFNO2.